The first kappa shape index (κ1) is 12.4. The summed E-state index contributed by atoms with van der Waals surface area (Å²) < 4.78 is 1.95. The highest BCUT2D eigenvalue weighted by atomic mass is 15.3. The maximum absolute atomic E-state index is 4.45. The van der Waals surface area contributed by atoms with Gasteiger partial charge in [-0.3, -0.25) is 9.58 Å². The largest absolute Gasteiger partial charge is 0.378 e. The number of nitrogens with one attached hydrogen (secondary N) is 1. The molecule has 0 amide bonds. The minimum Gasteiger partial charge on any atom is -0.378 e. The minimum absolute atomic E-state index is 0.569. The summed E-state index contributed by atoms with van der Waals surface area (Å²) in [6.07, 6.45) is 1.23. The van der Waals surface area contributed by atoms with Gasteiger partial charge in [-0.25, -0.2) is 0 Å². The van der Waals surface area contributed by atoms with Crippen molar-refractivity contribution in [2.24, 2.45) is 7.05 Å². The molecule has 1 aromatic heterocycles. The van der Waals surface area contributed by atoms with E-state index in [-0.39, 0.29) is 0 Å². The van der Waals surface area contributed by atoms with Crippen molar-refractivity contribution < 1.29 is 0 Å². The standard InChI is InChI=1S/C13H24N4/c1-9(2)17-7-6-12(8-17)14-13-10(3)15-16(5)11(13)4/h9,12,14H,6-8H2,1-5H3. The van der Waals surface area contributed by atoms with Gasteiger partial charge in [0.2, 0.25) is 0 Å². The fraction of sp³-hybridized carbons (Fsp3) is 0.769. The molecule has 17 heavy (non-hydrogen) atoms. The number of aromatic nitrogens is 2. The van der Waals surface area contributed by atoms with Gasteiger partial charge in [-0.05, 0) is 34.1 Å². The molecule has 1 unspecified atom stereocenters. The summed E-state index contributed by atoms with van der Waals surface area (Å²) in [6.45, 7) is 11.1. The highest BCUT2D eigenvalue weighted by molar-refractivity contribution is 5.52. The molecule has 0 aliphatic carbocycles. The van der Waals surface area contributed by atoms with Crippen molar-refractivity contribution in [2.45, 2.75) is 46.2 Å². The first-order valence-corrected chi connectivity index (χ1v) is 6.49. The Bertz CT molecular complexity index is 394. The minimum atomic E-state index is 0.569. The van der Waals surface area contributed by atoms with Crippen molar-refractivity contribution >= 4 is 5.69 Å². The molecule has 2 rings (SSSR count). The molecule has 4 nitrogen and oxygen atoms in total. The molecule has 1 aliphatic rings. The maximum Gasteiger partial charge on any atom is 0.0827 e. The van der Waals surface area contributed by atoms with Crippen LogP contribution in [0.2, 0.25) is 0 Å². The van der Waals surface area contributed by atoms with Gasteiger partial charge in [0.1, 0.15) is 0 Å². The van der Waals surface area contributed by atoms with Gasteiger partial charge in [0, 0.05) is 32.2 Å². The van der Waals surface area contributed by atoms with Gasteiger partial charge in [-0.15, -0.1) is 0 Å². The lowest BCUT2D eigenvalue weighted by atomic mass is 10.2. The predicted molar refractivity (Wildman–Crippen MR) is 71.4 cm³/mol. The summed E-state index contributed by atoms with van der Waals surface area (Å²) in [7, 11) is 2.00. The molecule has 2 heterocycles. The summed E-state index contributed by atoms with van der Waals surface area (Å²) >= 11 is 0. The number of rotatable bonds is 3. The molecule has 1 N–H and O–H groups in total. The number of nitrogens with zero attached hydrogens (tertiary/aromatic N) is 3. The van der Waals surface area contributed by atoms with Crippen LogP contribution in [-0.2, 0) is 7.05 Å². The second-order valence-corrected chi connectivity index (χ2v) is 5.39. The van der Waals surface area contributed by atoms with E-state index in [0.29, 0.717) is 12.1 Å². The van der Waals surface area contributed by atoms with Crippen LogP contribution in [0.15, 0.2) is 0 Å². The van der Waals surface area contributed by atoms with Crippen molar-refractivity contribution in [1.82, 2.24) is 14.7 Å². The fourth-order valence-electron chi connectivity index (χ4n) is 2.56. The van der Waals surface area contributed by atoms with E-state index in [1.807, 2.05) is 11.7 Å². The van der Waals surface area contributed by atoms with Crippen molar-refractivity contribution in [1.29, 1.82) is 0 Å². The van der Waals surface area contributed by atoms with E-state index in [0.717, 1.165) is 12.2 Å². The van der Waals surface area contributed by atoms with Crippen molar-refractivity contribution in [2.75, 3.05) is 18.4 Å². The second kappa shape index (κ2) is 4.69. The van der Waals surface area contributed by atoms with Gasteiger partial charge < -0.3 is 5.32 Å². The van der Waals surface area contributed by atoms with Crippen LogP contribution in [0.25, 0.3) is 0 Å². The molecule has 0 radical (unpaired) electrons. The van der Waals surface area contributed by atoms with Gasteiger partial charge in [0.25, 0.3) is 0 Å². The zero-order chi connectivity index (χ0) is 12.6. The van der Waals surface area contributed by atoms with Crippen LogP contribution in [0.1, 0.15) is 31.7 Å². The zero-order valence-corrected chi connectivity index (χ0v) is 11.6. The lowest BCUT2D eigenvalue weighted by molar-refractivity contribution is 0.274. The van der Waals surface area contributed by atoms with E-state index in [1.165, 1.54) is 24.3 Å². The van der Waals surface area contributed by atoms with Crippen LogP contribution < -0.4 is 5.32 Å². The summed E-state index contributed by atoms with van der Waals surface area (Å²) in [5, 5.41) is 8.11. The second-order valence-electron chi connectivity index (χ2n) is 5.39. The summed E-state index contributed by atoms with van der Waals surface area (Å²) in [4.78, 5) is 2.53. The Kier molecular flexibility index (Phi) is 3.43. The molecule has 1 aliphatic heterocycles. The highest BCUT2D eigenvalue weighted by Gasteiger charge is 2.25. The smallest absolute Gasteiger partial charge is 0.0827 e. The topological polar surface area (TPSA) is 33.1 Å². The molecule has 0 bridgehead atoms. The zero-order valence-electron chi connectivity index (χ0n) is 11.6. The molecule has 96 valence electrons. The van der Waals surface area contributed by atoms with E-state index >= 15 is 0 Å². The van der Waals surface area contributed by atoms with Gasteiger partial charge in [0.05, 0.1) is 17.1 Å². The number of anilines is 1. The highest BCUT2D eigenvalue weighted by Crippen LogP contribution is 2.23. The van der Waals surface area contributed by atoms with E-state index in [4.69, 9.17) is 0 Å². The molecular weight excluding hydrogens is 212 g/mol. The molecule has 4 heteroatoms. The van der Waals surface area contributed by atoms with Gasteiger partial charge >= 0.3 is 0 Å². The van der Waals surface area contributed by atoms with Crippen LogP contribution in [-0.4, -0.2) is 39.9 Å². The molecule has 1 saturated heterocycles. The molecule has 0 aromatic carbocycles. The number of hydrogen-bond donors (Lipinski definition) is 1. The summed E-state index contributed by atoms with van der Waals surface area (Å²) in [5.41, 5.74) is 3.56. The van der Waals surface area contributed by atoms with E-state index in [2.05, 4.69) is 43.0 Å². The third-order valence-corrected chi connectivity index (χ3v) is 3.81. The number of aryl methyl sites for hydroxylation is 2. The summed E-state index contributed by atoms with van der Waals surface area (Å²) in [6, 6.07) is 1.22. The molecule has 1 fully saturated rings. The van der Waals surface area contributed by atoms with Gasteiger partial charge in [-0.2, -0.15) is 5.10 Å². The van der Waals surface area contributed by atoms with Crippen molar-refractivity contribution in [3.63, 3.8) is 0 Å². The van der Waals surface area contributed by atoms with Crippen LogP contribution >= 0.6 is 0 Å². The third-order valence-electron chi connectivity index (χ3n) is 3.81. The number of hydrogen-bond acceptors (Lipinski definition) is 3. The van der Waals surface area contributed by atoms with E-state index < -0.39 is 0 Å². The Labute approximate surface area is 104 Å². The van der Waals surface area contributed by atoms with Crippen LogP contribution in [0.4, 0.5) is 5.69 Å². The Morgan fingerprint density at radius 3 is 2.53 bits per heavy atom. The normalized spacial score (nSPS) is 21.4. The van der Waals surface area contributed by atoms with Gasteiger partial charge in [-0.1, -0.05) is 0 Å². The third kappa shape index (κ3) is 2.46. The van der Waals surface area contributed by atoms with Crippen LogP contribution in [0.5, 0.6) is 0 Å². The first-order valence-electron chi connectivity index (χ1n) is 6.49. The predicted octanol–water partition coefficient (Wildman–Crippen LogP) is 1.93. The van der Waals surface area contributed by atoms with Crippen molar-refractivity contribution in [3.8, 4) is 0 Å². The average molecular weight is 236 g/mol. The molecule has 1 atom stereocenters. The van der Waals surface area contributed by atoms with E-state index in [9.17, 15) is 0 Å². The van der Waals surface area contributed by atoms with Crippen LogP contribution in [0.3, 0.4) is 0 Å². The SMILES string of the molecule is Cc1nn(C)c(C)c1NC1CCN(C(C)C)C1. The fourth-order valence-corrected chi connectivity index (χ4v) is 2.56. The van der Waals surface area contributed by atoms with E-state index in [1.54, 1.807) is 0 Å². The molecule has 0 spiro atoms. The average Bonchev–Trinajstić information content (AvgIpc) is 2.80. The van der Waals surface area contributed by atoms with Crippen molar-refractivity contribution in [3.05, 3.63) is 11.4 Å². The Hall–Kier alpha value is -1.03. The first-order chi connectivity index (χ1) is 7.99. The Morgan fingerprint density at radius 2 is 2.06 bits per heavy atom. The lowest BCUT2D eigenvalue weighted by Crippen LogP contribution is -2.31. The molecular formula is C13H24N4. The quantitative estimate of drug-likeness (QED) is 0.870. The molecule has 1 aromatic rings. The van der Waals surface area contributed by atoms with Crippen LogP contribution in [0, 0.1) is 13.8 Å². The maximum atomic E-state index is 4.45. The lowest BCUT2D eigenvalue weighted by Gasteiger charge is -2.21. The Morgan fingerprint density at radius 1 is 1.35 bits per heavy atom. The molecule has 0 saturated carbocycles. The monoisotopic (exact) mass is 236 g/mol. The Balaban J connectivity index is 2.03. The summed E-state index contributed by atoms with van der Waals surface area (Å²) in [5.74, 6) is 0. The van der Waals surface area contributed by atoms with Gasteiger partial charge in [0.15, 0.2) is 0 Å². The number of likely N-dealkylation sites (tertiary alicyclic amines) is 1.